The molecule has 0 saturated carbocycles. The Balaban J connectivity index is 2.10. The molecule has 2 heterocycles. The molecule has 0 spiro atoms. The summed E-state index contributed by atoms with van der Waals surface area (Å²) in [5.74, 6) is 0. The number of aromatic nitrogens is 1. The third-order valence-electron chi connectivity index (χ3n) is 2.94. The maximum Gasteiger partial charge on any atom is 0.0853 e. The molecule has 1 aliphatic heterocycles. The topological polar surface area (TPSA) is 51.6 Å². The average Bonchev–Trinajstić information content (AvgIpc) is 2.39. The van der Waals surface area contributed by atoms with Gasteiger partial charge in [-0.05, 0) is 24.1 Å². The fraction of sp³-hybridized carbons (Fsp3) is 0.583. The highest BCUT2D eigenvalue weighted by molar-refractivity contribution is 5.19. The van der Waals surface area contributed by atoms with Gasteiger partial charge in [-0.1, -0.05) is 0 Å². The summed E-state index contributed by atoms with van der Waals surface area (Å²) in [4.78, 5) is 4.06. The van der Waals surface area contributed by atoms with Crippen LogP contribution in [0.4, 0.5) is 0 Å². The smallest absolute Gasteiger partial charge is 0.0853 e. The molecule has 4 nitrogen and oxygen atoms in total. The Morgan fingerprint density at radius 1 is 1.62 bits per heavy atom. The lowest BCUT2D eigenvalue weighted by molar-refractivity contribution is -0.0599. The largest absolute Gasteiger partial charge is 0.390 e. The minimum absolute atomic E-state index is 0.0335. The Morgan fingerprint density at radius 2 is 2.50 bits per heavy atom. The molecule has 1 aromatic rings. The Kier molecular flexibility index (Phi) is 3.88. The van der Waals surface area contributed by atoms with Crippen molar-refractivity contribution in [1.82, 2.24) is 4.98 Å². The summed E-state index contributed by atoms with van der Waals surface area (Å²) in [5, 5.41) is 9.03. The summed E-state index contributed by atoms with van der Waals surface area (Å²) < 4.78 is 11.1. The van der Waals surface area contributed by atoms with Crippen molar-refractivity contribution in [3.8, 4) is 0 Å². The Labute approximate surface area is 95.2 Å². The summed E-state index contributed by atoms with van der Waals surface area (Å²) in [6, 6.07) is 3.82. The van der Waals surface area contributed by atoms with E-state index in [-0.39, 0.29) is 18.8 Å². The maximum atomic E-state index is 9.03. The van der Waals surface area contributed by atoms with Crippen molar-refractivity contribution in [2.24, 2.45) is 0 Å². The van der Waals surface area contributed by atoms with Crippen LogP contribution in [0.5, 0.6) is 0 Å². The van der Waals surface area contributed by atoms with E-state index in [0.29, 0.717) is 5.69 Å². The van der Waals surface area contributed by atoms with Crippen LogP contribution in [0.3, 0.4) is 0 Å². The monoisotopic (exact) mass is 223 g/mol. The van der Waals surface area contributed by atoms with Gasteiger partial charge in [0.05, 0.1) is 24.5 Å². The number of hydrogen-bond donors (Lipinski definition) is 1. The second-order valence-electron chi connectivity index (χ2n) is 3.98. The molecule has 2 atom stereocenters. The fourth-order valence-electron chi connectivity index (χ4n) is 2.00. The second kappa shape index (κ2) is 5.39. The average molecular weight is 223 g/mol. The third-order valence-corrected chi connectivity index (χ3v) is 2.94. The molecule has 2 rings (SSSR count). The van der Waals surface area contributed by atoms with Crippen LogP contribution in [-0.2, 0) is 16.1 Å². The first-order chi connectivity index (χ1) is 7.83. The molecular formula is C12H17NO3. The molecule has 0 aromatic carbocycles. The van der Waals surface area contributed by atoms with Gasteiger partial charge in [-0.25, -0.2) is 0 Å². The summed E-state index contributed by atoms with van der Waals surface area (Å²) in [7, 11) is 1.73. The van der Waals surface area contributed by atoms with Gasteiger partial charge in [0.1, 0.15) is 0 Å². The predicted molar refractivity (Wildman–Crippen MR) is 58.9 cm³/mol. The Hall–Kier alpha value is -0.970. The van der Waals surface area contributed by atoms with Crippen LogP contribution in [0.15, 0.2) is 18.3 Å². The number of aliphatic hydroxyl groups is 1. The van der Waals surface area contributed by atoms with Gasteiger partial charge in [0.15, 0.2) is 0 Å². The third kappa shape index (κ3) is 2.58. The fourth-order valence-corrected chi connectivity index (χ4v) is 2.00. The van der Waals surface area contributed by atoms with Gasteiger partial charge < -0.3 is 14.6 Å². The van der Waals surface area contributed by atoms with Crippen molar-refractivity contribution in [3.63, 3.8) is 0 Å². The predicted octanol–water partition coefficient (Wildman–Crippen LogP) is 1.44. The number of pyridine rings is 1. The van der Waals surface area contributed by atoms with Crippen molar-refractivity contribution in [2.45, 2.75) is 31.7 Å². The van der Waals surface area contributed by atoms with Crippen LogP contribution in [0.1, 0.15) is 30.2 Å². The summed E-state index contributed by atoms with van der Waals surface area (Å²) in [5.41, 5.74) is 1.75. The van der Waals surface area contributed by atoms with E-state index < -0.39 is 0 Å². The molecular weight excluding hydrogens is 206 g/mol. The highest BCUT2D eigenvalue weighted by atomic mass is 16.5. The van der Waals surface area contributed by atoms with E-state index in [9.17, 15) is 0 Å². The van der Waals surface area contributed by atoms with E-state index in [1.807, 2.05) is 12.1 Å². The van der Waals surface area contributed by atoms with Crippen LogP contribution in [0, 0.1) is 0 Å². The Bertz CT molecular complexity index is 343. The SMILES string of the molecule is COC1CCOC(c2ccnc(CO)c2)C1. The number of aliphatic hydroxyl groups excluding tert-OH is 1. The van der Waals surface area contributed by atoms with Gasteiger partial charge in [0.25, 0.3) is 0 Å². The standard InChI is InChI=1S/C12H17NO3/c1-15-11-3-5-16-12(7-11)9-2-4-13-10(6-9)8-14/h2,4,6,11-12,14H,3,5,7-8H2,1H3. The van der Waals surface area contributed by atoms with E-state index in [1.54, 1.807) is 13.3 Å². The molecule has 16 heavy (non-hydrogen) atoms. The van der Waals surface area contributed by atoms with Crippen LogP contribution in [0.2, 0.25) is 0 Å². The number of methoxy groups -OCH3 is 1. The molecule has 1 saturated heterocycles. The minimum Gasteiger partial charge on any atom is -0.390 e. The van der Waals surface area contributed by atoms with E-state index >= 15 is 0 Å². The van der Waals surface area contributed by atoms with Gasteiger partial charge >= 0.3 is 0 Å². The normalized spacial score (nSPS) is 25.6. The van der Waals surface area contributed by atoms with Gasteiger partial charge in [-0.2, -0.15) is 0 Å². The van der Waals surface area contributed by atoms with Gasteiger partial charge in [0.2, 0.25) is 0 Å². The lowest BCUT2D eigenvalue weighted by Crippen LogP contribution is -2.25. The summed E-state index contributed by atoms with van der Waals surface area (Å²) in [6.07, 6.45) is 3.85. The van der Waals surface area contributed by atoms with Crippen LogP contribution >= 0.6 is 0 Å². The van der Waals surface area contributed by atoms with Crippen molar-refractivity contribution in [3.05, 3.63) is 29.6 Å². The molecule has 0 radical (unpaired) electrons. The van der Waals surface area contributed by atoms with Crippen LogP contribution < -0.4 is 0 Å². The van der Waals surface area contributed by atoms with E-state index in [2.05, 4.69) is 4.98 Å². The molecule has 1 N–H and O–H groups in total. The molecule has 0 amide bonds. The van der Waals surface area contributed by atoms with Crippen molar-refractivity contribution < 1.29 is 14.6 Å². The summed E-state index contributed by atoms with van der Waals surface area (Å²) >= 11 is 0. The number of hydrogen-bond acceptors (Lipinski definition) is 4. The van der Waals surface area contributed by atoms with Gasteiger partial charge in [-0.3, -0.25) is 4.98 Å². The van der Waals surface area contributed by atoms with Crippen molar-refractivity contribution in [2.75, 3.05) is 13.7 Å². The van der Waals surface area contributed by atoms with Gasteiger partial charge in [0, 0.05) is 26.3 Å². The molecule has 0 aliphatic carbocycles. The lowest BCUT2D eigenvalue weighted by Gasteiger charge is -2.29. The van der Waals surface area contributed by atoms with E-state index in [0.717, 1.165) is 25.0 Å². The molecule has 1 fully saturated rings. The van der Waals surface area contributed by atoms with Gasteiger partial charge in [-0.15, -0.1) is 0 Å². The van der Waals surface area contributed by atoms with Crippen LogP contribution in [-0.4, -0.2) is 29.9 Å². The second-order valence-corrected chi connectivity index (χ2v) is 3.98. The molecule has 0 bridgehead atoms. The van der Waals surface area contributed by atoms with Crippen molar-refractivity contribution in [1.29, 1.82) is 0 Å². The molecule has 88 valence electrons. The number of ether oxygens (including phenoxy) is 2. The molecule has 1 aromatic heterocycles. The highest BCUT2D eigenvalue weighted by Crippen LogP contribution is 2.29. The lowest BCUT2D eigenvalue weighted by atomic mass is 9.99. The first kappa shape index (κ1) is 11.5. The zero-order valence-electron chi connectivity index (χ0n) is 9.43. The zero-order valence-corrected chi connectivity index (χ0v) is 9.43. The number of rotatable bonds is 3. The van der Waals surface area contributed by atoms with E-state index in [1.165, 1.54) is 0 Å². The van der Waals surface area contributed by atoms with E-state index in [4.69, 9.17) is 14.6 Å². The maximum absolute atomic E-state index is 9.03. The summed E-state index contributed by atoms with van der Waals surface area (Å²) in [6.45, 7) is 0.689. The molecule has 2 unspecified atom stereocenters. The first-order valence-corrected chi connectivity index (χ1v) is 5.53. The Morgan fingerprint density at radius 3 is 3.25 bits per heavy atom. The highest BCUT2D eigenvalue weighted by Gasteiger charge is 2.23. The van der Waals surface area contributed by atoms with Crippen molar-refractivity contribution >= 4 is 0 Å². The molecule has 4 heteroatoms. The zero-order chi connectivity index (χ0) is 11.4. The number of nitrogens with zero attached hydrogens (tertiary/aromatic N) is 1. The molecule has 1 aliphatic rings. The van der Waals surface area contributed by atoms with Crippen LogP contribution in [0.25, 0.3) is 0 Å². The minimum atomic E-state index is -0.0335. The first-order valence-electron chi connectivity index (χ1n) is 5.53. The quantitative estimate of drug-likeness (QED) is 0.842.